The van der Waals surface area contributed by atoms with E-state index in [0.717, 1.165) is 16.5 Å². The summed E-state index contributed by atoms with van der Waals surface area (Å²) in [5.74, 6) is 0.475. The number of thiocarbonyl (C=S) groups is 1. The molecule has 0 bridgehead atoms. The first kappa shape index (κ1) is 14.5. The van der Waals surface area contributed by atoms with E-state index in [9.17, 15) is 4.79 Å². The van der Waals surface area contributed by atoms with Crippen LogP contribution in [-0.2, 0) is 11.3 Å². The maximum atomic E-state index is 11.9. The van der Waals surface area contributed by atoms with Crippen LogP contribution < -0.4 is 11.1 Å². The summed E-state index contributed by atoms with van der Waals surface area (Å²) in [5, 5.41) is 3.95. The zero-order valence-electron chi connectivity index (χ0n) is 11.7. The van der Waals surface area contributed by atoms with Crippen molar-refractivity contribution >= 4 is 34.0 Å². The molecule has 0 fully saturated rings. The molecule has 1 heterocycles. The Kier molecular flexibility index (Phi) is 4.39. The van der Waals surface area contributed by atoms with E-state index in [1.54, 1.807) is 0 Å². The monoisotopic (exact) mass is 289 g/mol. The lowest BCUT2D eigenvalue weighted by molar-refractivity contribution is -0.121. The number of hydrogen-bond donors (Lipinski definition) is 2. The molecule has 0 aliphatic carbocycles. The molecule has 2 rings (SSSR count). The number of nitrogens with one attached hydrogen (secondary N) is 1. The zero-order chi connectivity index (χ0) is 14.7. The number of benzene rings is 1. The van der Waals surface area contributed by atoms with E-state index in [4.69, 9.17) is 18.0 Å². The van der Waals surface area contributed by atoms with Gasteiger partial charge in [0.25, 0.3) is 0 Å². The van der Waals surface area contributed by atoms with E-state index >= 15 is 0 Å². The largest absolute Gasteiger partial charge is 0.389 e. The van der Waals surface area contributed by atoms with Crippen LogP contribution >= 0.6 is 12.2 Å². The van der Waals surface area contributed by atoms with Gasteiger partial charge in [0, 0.05) is 29.2 Å². The normalized spacial score (nSPS) is 10.9. The summed E-state index contributed by atoms with van der Waals surface area (Å²) in [5.41, 5.74) is 7.47. The van der Waals surface area contributed by atoms with E-state index in [0.29, 0.717) is 24.0 Å². The molecular formula is C15H19N3OS. The van der Waals surface area contributed by atoms with Crippen LogP contribution in [0.4, 0.5) is 0 Å². The van der Waals surface area contributed by atoms with Gasteiger partial charge in [-0.05, 0) is 30.2 Å². The number of nitrogens with zero attached hydrogens (tertiary/aromatic N) is 1. The Balaban J connectivity index is 2.15. The molecule has 3 N–H and O–H groups in total. The van der Waals surface area contributed by atoms with Crippen molar-refractivity contribution in [2.45, 2.75) is 20.4 Å². The number of carbonyl (C=O) groups excluding carboxylic acids is 1. The van der Waals surface area contributed by atoms with Crippen molar-refractivity contribution in [1.82, 2.24) is 9.88 Å². The van der Waals surface area contributed by atoms with Gasteiger partial charge in [-0.25, -0.2) is 0 Å². The molecule has 0 atom stereocenters. The topological polar surface area (TPSA) is 60.0 Å². The third kappa shape index (κ3) is 3.36. The molecule has 1 aromatic carbocycles. The molecule has 0 saturated carbocycles. The maximum Gasteiger partial charge on any atom is 0.239 e. The van der Waals surface area contributed by atoms with Crippen molar-refractivity contribution in [2.75, 3.05) is 6.54 Å². The SMILES string of the molecule is CC(C)CNC(=O)Cn1ccc2cc(C(N)=S)ccc21. The minimum Gasteiger partial charge on any atom is -0.389 e. The molecule has 0 unspecified atom stereocenters. The van der Waals surface area contributed by atoms with Gasteiger partial charge in [-0.15, -0.1) is 0 Å². The van der Waals surface area contributed by atoms with Gasteiger partial charge in [0.1, 0.15) is 11.5 Å². The van der Waals surface area contributed by atoms with E-state index in [1.807, 2.05) is 35.0 Å². The van der Waals surface area contributed by atoms with Crippen LogP contribution in [0.15, 0.2) is 30.5 Å². The summed E-state index contributed by atoms with van der Waals surface area (Å²) >= 11 is 4.97. The lowest BCUT2D eigenvalue weighted by Gasteiger charge is -2.09. The molecule has 4 nitrogen and oxygen atoms in total. The number of rotatable bonds is 5. The molecule has 1 aromatic heterocycles. The fourth-order valence-corrected chi connectivity index (χ4v) is 2.15. The van der Waals surface area contributed by atoms with Gasteiger partial charge in [-0.3, -0.25) is 4.79 Å². The highest BCUT2D eigenvalue weighted by Gasteiger charge is 2.07. The first-order chi connectivity index (χ1) is 9.47. The average Bonchev–Trinajstić information content (AvgIpc) is 2.79. The first-order valence-corrected chi connectivity index (χ1v) is 7.03. The van der Waals surface area contributed by atoms with Crippen LogP contribution in [0.2, 0.25) is 0 Å². The average molecular weight is 289 g/mol. The smallest absolute Gasteiger partial charge is 0.239 e. The highest BCUT2D eigenvalue weighted by atomic mass is 32.1. The predicted molar refractivity (Wildman–Crippen MR) is 85.7 cm³/mol. The summed E-state index contributed by atoms with van der Waals surface area (Å²) in [7, 11) is 0. The molecule has 0 spiro atoms. The van der Waals surface area contributed by atoms with E-state index in [-0.39, 0.29) is 5.91 Å². The second-order valence-electron chi connectivity index (χ2n) is 5.28. The Morgan fingerprint density at radius 1 is 1.40 bits per heavy atom. The van der Waals surface area contributed by atoms with E-state index < -0.39 is 0 Å². The molecule has 5 heteroatoms. The van der Waals surface area contributed by atoms with Gasteiger partial charge in [-0.1, -0.05) is 26.1 Å². The van der Waals surface area contributed by atoms with Gasteiger partial charge in [0.05, 0.1) is 0 Å². The molecule has 0 saturated heterocycles. The van der Waals surface area contributed by atoms with Crippen molar-refractivity contribution in [3.8, 4) is 0 Å². The van der Waals surface area contributed by atoms with Gasteiger partial charge >= 0.3 is 0 Å². The van der Waals surface area contributed by atoms with Gasteiger partial charge in [0.2, 0.25) is 5.91 Å². The minimum atomic E-state index is 0.0228. The molecule has 1 amide bonds. The van der Waals surface area contributed by atoms with Crippen molar-refractivity contribution in [3.63, 3.8) is 0 Å². The highest BCUT2D eigenvalue weighted by Crippen LogP contribution is 2.17. The molecule has 20 heavy (non-hydrogen) atoms. The Morgan fingerprint density at radius 3 is 2.80 bits per heavy atom. The van der Waals surface area contributed by atoms with Crippen LogP contribution in [0.25, 0.3) is 10.9 Å². The molecule has 0 radical (unpaired) electrons. The number of carbonyl (C=O) groups is 1. The number of nitrogens with two attached hydrogens (primary N) is 1. The van der Waals surface area contributed by atoms with Crippen LogP contribution in [0, 0.1) is 5.92 Å². The van der Waals surface area contributed by atoms with Crippen LogP contribution in [0.1, 0.15) is 19.4 Å². The van der Waals surface area contributed by atoms with Gasteiger partial charge < -0.3 is 15.6 Å². The van der Waals surface area contributed by atoms with E-state index in [2.05, 4.69) is 19.2 Å². The lowest BCUT2D eigenvalue weighted by atomic mass is 10.1. The quantitative estimate of drug-likeness (QED) is 0.828. The van der Waals surface area contributed by atoms with Crippen molar-refractivity contribution in [3.05, 3.63) is 36.0 Å². The number of fused-ring (bicyclic) bond motifs is 1. The molecule has 0 aliphatic rings. The van der Waals surface area contributed by atoms with Crippen LogP contribution in [0.5, 0.6) is 0 Å². The highest BCUT2D eigenvalue weighted by molar-refractivity contribution is 7.80. The van der Waals surface area contributed by atoms with Crippen LogP contribution in [0.3, 0.4) is 0 Å². The summed E-state index contributed by atoms with van der Waals surface area (Å²) in [6, 6.07) is 7.74. The number of hydrogen-bond acceptors (Lipinski definition) is 2. The van der Waals surface area contributed by atoms with Crippen molar-refractivity contribution < 1.29 is 4.79 Å². The zero-order valence-corrected chi connectivity index (χ0v) is 12.5. The van der Waals surface area contributed by atoms with Gasteiger partial charge in [0.15, 0.2) is 0 Å². The summed E-state index contributed by atoms with van der Waals surface area (Å²) in [6.45, 7) is 5.16. The summed E-state index contributed by atoms with van der Waals surface area (Å²) in [4.78, 5) is 12.2. The second kappa shape index (κ2) is 6.05. The Hall–Kier alpha value is -1.88. The fourth-order valence-electron chi connectivity index (χ4n) is 2.02. The van der Waals surface area contributed by atoms with Gasteiger partial charge in [-0.2, -0.15) is 0 Å². The molecule has 0 aliphatic heterocycles. The standard InChI is InChI=1S/C15H19N3OS/c1-10(2)8-17-14(19)9-18-6-5-11-7-12(15(16)20)3-4-13(11)18/h3-7,10H,8-9H2,1-2H3,(H2,16,20)(H,17,19). The Bertz CT molecular complexity index is 646. The summed E-state index contributed by atoms with van der Waals surface area (Å²) in [6.07, 6.45) is 1.91. The maximum absolute atomic E-state index is 11.9. The van der Waals surface area contributed by atoms with Crippen molar-refractivity contribution in [1.29, 1.82) is 0 Å². The third-order valence-corrected chi connectivity index (χ3v) is 3.31. The molecular weight excluding hydrogens is 270 g/mol. The first-order valence-electron chi connectivity index (χ1n) is 6.63. The lowest BCUT2D eigenvalue weighted by Crippen LogP contribution is -2.30. The molecule has 106 valence electrons. The predicted octanol–water partition coefficient (Wildman–Crippen LogP) is 2.05. The van der Waals surface area contributed by atoms with E-state index in [1.165, 1.54) is 0 Å². The van der Waals surface area contributed by atoms with Crippen molar-refractivity contribution in [2.24, 2.45) is 11.7 Å². The Labute approximate surface area is 123 Å². The number of aromatic nitrogens is 1. The Morgan fingerprint density at radius 2 is 2.15 bits per heavy atom. The number of amides is 1. The summed E-state index contributed by atoms with van der Waals surface area (Å²) < 4.78 is 1.92. The third-order valence-electron chi connectivity index (χ3n) is 3.08. The minimum absolute atomic E-state index is 0.0228. The molecule has 2 aromatic rings. The fraction of sp³-hybridized carbons (Fsp3) is 0.333. The van der Waals surface area contributed by atoms with Crippen LogP contribution in [-0.4, -0.2) is 22.0 Å². The second-order valence-corrected chi connectivity index (χ2v) is 5.72.